The Morgan fingerprint density at radius 1 is 1.15 bits per heavy atom. The Bertz CT molecular complexity index is 964. The summed E-state index contributed by atoms with van der Waals surface area (Å²) in [5, 5.41) is 18.2. The Balaban J connectivity index is 1.63. The number of carboxylic acids is 1. The number of nitrogens with zero attached hydrogens (tertiary/aromatic N) is 2. The molecule has 2 heterocycles. The second-order valence-electron chi connectivity index (χ2n) is 8.45. The minimum absolute atomic E-state index is 0.0537. The Morgan fingerprint density at radius 2 is 1.91 bits per heavy atom. The highest BCUT2D eigenvalue weighted by Crippen LogP contribution is 2.30. The Hall–Kier alpha value is -3.26. The van der Waals surface area contributed by atoms with Crippen molar-refractivity contribution in [2.75, 3.05) is 13.2 Å². The summed E-state index contributed by atoms with van der Waals surface area (Å²) in [6.45, 7) is 2.10. The maximum absolute atomic E-state index is 12.9. The molecule has 8 nitrogen and oxygen atoms in total. The van der Waals surface area contributed by atoms with Crippen LogP contribution < -0.4 is 4.57 Å². The quantitative estimate of drug-likeness (QED) is 0.445. The minimum Gasteiger partial charge on any atom is -0.481 e. The zero-order valence-electron chi connectivity index (χ0n) is 18.8. The van der Waals surface area contributed by atoms with Gasteiger partial charge in [0.15, 0.2) is 18.2 Å². The van der Waals surface area contributed by atoms with E-state index in [1.165, 1.54) is 11.8 Å². The van der Waals surface area contributed by atoms with Gasteiger partial charge in [-0.2, -0.15) is 4.57 Å². The number of aliphatic hydroxyl groups excluding tert-OH is 1. The lowest BCUT2D eigenvalue weighted by Gasteiger charge is -2.38. The van der Waals surface area contributed by atoms with Crippen molar-refractivity contribution in [2.24, 2.45) is 5.92 Å². The van der Waals surface area contributed by atoms with Gasteiger partial charge in [0.1, 0.15) is 0 Å². The normalized spacial score (nSPS) is 17.8. The number of aliphatic carboxylic acids is 1. The highest BCUT2D eigenvalue weighted by molar-refractivity contribution is 5.97. The number of pyridine rings is 1. The van der Waals surface area contributed by atoms with Gasteiger partial charge in [-0.3, -0.25) is 9.59 Å². The molecule has 8 heteroatoms. The van der Waals surface area contributed by atoms with Crippen molar-refractivity contribution in [1.29, 1.82) is 0 Å². The second-order valence-corrected chi connectivity index (χ2v) is 8.45. The van der Waals surface area contributed by atoms with Crippen molar-refractivity contribution in [3.05, 3.63) is 66.0 Å². The topological polar surface area (TPSA) is 108 Å². The van der Waals surface area contributed by atoms with Crippen molar-refractivity contribution in [3.8, 4) is 0 Å². The van der Waals surface area contributed by atoms with E-state index < -0.39 is 30.4 Å². The van der Waals surface area contributed by atoms with E-state index in [4.69, 9.17) is 14.9 Å². The van der Waals surface area contributed by atoms with Gasteiger partial charge in [-0.1, -0.05) is 37.3 Å². The average Bonchev–Trinajstić information content (AvgIpc) is 2.85. The molecule has 0 radical (unpaired) electrons. The predicted octanol–water partition coefficient (Wildman–Crippen LogP) is 2.99. The number of hydrogen-bond donors (Lipinski definition) is 2. The van der Waals surface area contributed by atoms with E-state index in [1.807, 2.05) is 18.2 Å². The smallest absolute Gasteiger partial charge is 0.414 e. The summed E-state index contributed by atoms with van der Waals surface area (Å²) < 4.78 is 7.13. The first-order valence-electron chi connectivity index (χ1n) is 11.2. The highest BCUT2D eigenvalue weighted by Gasteiger charge is 2.33. The van der Waals surface area contributed by atoms with Crippen LogP contribution in [-0.4, -0.2) is 52.2 Å². The van der Waals surface area contributed by atoms with Gasteiger partial charge in [0.2, 0.25) is 0 Å². The van der Waals surface area contributed by atoms with E-state index in [2.05, 4.69) is 19.1 Å². The molecule has 0 aliphatic carbocycles. The highest BCUT2D eigenvalue weighted by atomic mass is 16.6. The summed E-state index contributed by atoms with van der Waals surface area (Å²) in [6, 6.07) is 13.4. The number of carboxylic acid groups (broad SMARTS) is 1. The lowest BCUT2D eigenvalue weighted by molar-refractivity contribution is -0.727. The van der Waals surface area contributed by atoms with Crippen molar-refractivity contribution >= 4 is 17.8 Å². The summed E-state index contributed by atoms with van der Waals surface area (Å²) >= 11 is 0. The molecule has 2 N–H and O–H groups in total. The zero-order valence-corrected chi connectivity index (χ0v) is 18.8. The van der Waals surface area contributed by atoms with E-state index in [1.54, 1.807) is 27.8 Å². The number of rotatable bonds is 9. The fraction of sp³-hybridized carbons (Fsp3) is 0.440. The molecular formula is C25H31N2O6+. The van der Waals surface area contributed by atoms with E-state index in [-0.39, 0.29) is 25.1 Å². The molecule has 1 aromatic heterocycles. The molecule has 1 amide bonds. The van der Waals surface area contributed by atoms with Crippen LogP contribution in [0.5, 0.6) is 0 Å². The van der Waals surface area contributed by atoms with Gasteiger partial charge in [0.25, 0.3) is 6.73 Å². The van der Waals surface area contributed by atoms with Gasteiger partial charge in [-0.15, -0.1) is 0 Å². The van der Waals surface area contributed by atoms with Crippen LogP contribution in [-0.2, 0) is 16.3 Å². The monoisotopic (exact) mass is 455 g/mol. The first-order valence-corrected chi connectivity index (χ1v) is 11.2. The number of hydrogen-bond acceptors (Lipinski definition) is 5. The van der Waals surface area contributed by atoms with Crippen molar-refractivity contribution in [1.82, 2.24) is 4.90 Å². The number of likely N-dealkylation sites (tertiary alicyclic amines) is 1. The van der Waals surface area contributed by atoms with Crippen molar-refractivity contribution in [3.63, 3.8) is 0 Å². The first kappa shape index (κ1) is 24.4. The molecule has 3 atom stereocenters. The number of amides is 1. The van der Waals surface area contributed by atoms with E-state index >= 15 is 0 Å². The predicted molar refractivity (Wildman–Crippen MR) is 119 cm³/mol. The second kappa shape index (κ2) is 11.6. The third-order valence-corrected chi connectivity index (χ3v) is 6.20. The van der Waals surface area contributed by atoms with Crippen LogP contribution in [0.3, 0.4) is 0 Å². The molecule has 0 unspecified atom stereocenters. The molecule has 1 saturated heterocycles. The maximum Gasteiger partial charge on any atom is 0.414 e. The van der Waals surface area contributed by atoms with E-state index in [0.717, 1.165) is 19.3 Å². The van der Waals surface area contributed by atoms with Gasteiger partial charge in [0, 0.05) is 31.0 Å². The molecule has 33 heavy (non-hydrogen) atoms. The van der Waals surface area contributed by atoms with Gasteiger partial charge >= 0.3 is 12.1 Å². The lowest BCUT2D eigenvalue weighted by Crippen LogP contribution is -2.48. The van der Waals surface area contributed by atoms with E-state index in [9.17, 15) is 14.4 Å². The summed E-state index contributed by atoms with van der Waals surface area (Å²) in [5.74, 6) is -2.58. The Labute approximate surface area is 193 Å². The molecule has 0 bridgehead atoms. The third kappa shape index (κ3) is 6.38. The van der Waals surface area contributed by atoms with Gasteiger partial charge < -0.3 is 19.8 Å². The summed E-state index contributed by atoms with van der Waals surface area (Å²) in [4.78, 5) is 38.2. The molecular weight excluding hydrogens is 424 g/mol. The van der Waals surface area contributed by atoms with Crippen LogP contribution in [0, 0.1) is 5.92 Å². The molecule has 176 valence electrons. The Kier molecular flexibility index (Phi) is 8.54. The number of carbonyl (C=O) groups excluding carboxylic acids is 2. The van der Waals surface area contributed by atoms with Crippen molar-refractivity contribution in [2.45, 2.75) is 51.3 Å². The fourth-order valence-corrected chi connectivity index (χ4v) is 4.23. The molecule has 3 rings (SSSR count). The number of Topliss-reactive ketones (excluding diaryl/α,β-unsaturated/α-hetero) is 1. The van der Waals surface area contributed by atoms with Crippen LogP contribution >= 0.6 is 0 Å². The van der Waals surface area contributed by atoms with Crippen molar-refractivity contribution < 1.29 is 33.9 Å². The maximum atomic E-state index is 12.9. The number of carbonyl (C=O) groups is 3. The number of ether oxygens (including phenoxy) is 1. The Morgan fingerprint density at radius 3 is 2.61 bits per heavy atom. The zero-order chi connectivity index (χ0) is 23.8. The lowest BCUT2D eigenvalue weighted by atomic mass is 9.87. The first-order chi connectivity index (χ1) is 15.9. The SMILES string of the molecule is C[C@H](c1ccccc1)[C@H]1CCCCN1C(=O)OC[n+]1cccc(C(=O)C[C@@H](CO)C(=O)O)c1. The minimum atomic E-state index is -1.22. The number of aliphatic hydroxyl groups is 1. The van der Waals surface area contributed by atoms with Crippen LogP contribution in [0.2, 0.25) is 0 Å². The molecule has 1 fully saturated rings. The van der Waals surface area contributed by atoms with Crippen LogP contribution in [0.4, 0.5) is 4.79 Å². The molecule has 1 aliphatic rings. The molecule has 1 aromatic carbocycles. The van der Waals surface area contributed by atoms with Crippen LogP contribution in [0.25, 0.3) is 0 Å². The fourth-order valence-electron chi connectivity index (χ4n) is 4.23. The average molecular weight is 456 g/mol. The van der Waals surface area contributed by atoms with Crippen LogP contribution in [0.1, 0.15) is 54.4 Å². The van der Waals surface area contributed by atoms with Gasteiger partial charge in [-0.05, 0) is 30.9 Å². The third-order valence-electron chi connectivity index (χ3n) is 6.20. The molecule has 0 spiro atoms. The van der Waals surface area contributed by atoms with Crippen LogP contribution in [0.15, 0.2) is 54.9 Å². The number of benzene rings is 1. The number of ketones is 1. The molecule has 1 aliphatic heterocycles. The van der Waals surface area contributed by atoms with Gasteiger partial charge in [-0.25, -0.2) is 4.79 Å². The molecule has 2 aromatic rings. The molecule has 0 saturated carbocycles. The summed E-state index contributed by atoms with van der Waals surface area (Å²) in [7, 11) is 0. The standard InChI is InChI=1S/C25H30N2O6/c1-18(19-8-3-2-4-9-19)22-11-5-6-13-27(22)25(32)33-17-26-12-7-10-20(15-26)23(29)14-21(16-28)24(30)31/h2-4,7-10,12,15,18,21-22,28H,5-6,11,13-14,16-17H2,1H3/p+1/t18-,21+,22-/m1/s1. The summed E-state index contributed by atoms with van der Waals surface area (Å²) in [6.07, 6.45) is 5.41. The van der Waals surface area contributed by atoms with Gasteiger partial charge in [0.05, 0.1) is 18.1 Å². The largest absolute Gasteiger partial charge is 0.481 e. The van der Waals surface area contributed by atoms with E-state index in [0.29, 0.717) is 12.1 Å². The number of aromatic nitrogens is 1. The summed E-state index contributed by atoms with van der Waals surface area (Å²) in [5.41, 5.74) is 1.48. The number of piperidine rings is 1.